The number of piperazine rings is 2. The van der Waals surface area contributed by atoms with Crippen molar-refractivity contribution >= 4 is 51.3 Å². The highest BCUT2D eigenvalue weighted by atomic mass is 32.3. The van der Waals surface area contributed by atoms with Crippen LogP contribution in [-0.2, 0) is 30.9 Å². The van der Waals surface area contributed by atoms with E-state index in [0.29, 0.717) is 31.9 Å². The normalized spacial score (nSPS) is 18.0. The van der Waals surface area contributed by atoms with Gasteiger partial charge in [0.1, 0.15) is 5.75 Å². The Hall–Kier alpha value is -2.91. The molecule has 0 spiro atoms. The standard InChI is InChI=1S/C25H36N6O6S2/c1-27-11-13-29(14-12-27)23-19-20(5-10-24(23)35-2)26-25(32)30-17-15-28(16-18-30)21-6-8-22(9-7-21)31(38(33)36-3)39(34)37-4/h5-10,19H,11-18H2,1-4H3,(H,26,32). The summed E-state index contributed by atoms with van der Waals surface area (Å²) in [6.45, 7) is 6.18. The van der Waals surface area contributed by atoms with E-state index in [1.165, 1.54) is 14.2 Å². The van der Waals surface area contributed by atoms with Crippen LogP contribution in [-0.4, -0.2) is 105 Å². The van der Waals surface area contributed by atoms with Crippen LogP contribution in [0.25, 0.3) is 0 Å². The van der Waals surface area contributed by atoms with E-state index in [1.807, 2.05) is 30.3 Å². The number of anilines is 4. The van der Waals surface area contributed by atoms with Crippen LogP contribution in [0, 0.1) is 0 Å². The summed E-state index contributed by atoms with van der Waals surface area (Å²) in [5, 5.41) is 3.05. The molecular formula is C25H36N6O6S2. The van der Waals surface area contributed by atoms with Crippen LogP contribution in [0.5, 0.6) is 5.75 Å². The van der Waals surface area contributed by atoms with Crippen molar-refractivity contribution in [1.29, 1.82) is 0 Å². The number of nitrogens with one attached hydrogen (secondary N) is 1. The van der Waals surface area contributed by atoms with Gasteiger partial charge in [-0.05, 0) is 49.5 Å². The van der Waals surface area contributed by atoms with E-state index >= 15 is 0 Å². The maximum absolute atomic E-state index is 13.1. The fraction of sp³-hybridized carbons (Fsp3) is 0.480. The van der Waals surface area contributed by atoms with E-state index < -0.39 is 22.5 Å². The summed E-state index contributed by atoms with van der Waals surface area (Å²) >= 11 is -3.92. The first-order valence-electron chi connectivity index (χ1n) is 12.6. The number of likely N-dealkylation sites (N-methyl/N-ethyl adjacent to an activating group) is 1. The summed E-state index contributed by atoms with van der Waals surface area (Å²) in [5.74, 6) is 0.794. The molecule has 2 aromatic carbocycles. The van der Waals surface area contributed by atoms with Crippen molar-refractivity contribution in [2.24, 2.45) is 0 Å². The number of nitrogens with zero attached hydrogens (tertiary/aromatic N) is 5. The first-order valence-corrected chi connectivity index (χ1v) is 14.7. The minimum Gasteiger partial charge on any atom is -0.495 e. The van der Waals surface area contributed by atoms with Gasteiger partial charge in [-0.15, -0.1) is 0 Å². The number of carbonyl (C=O) groups excluding carboxylic acids is 1. The van der Waals surface area contributed by atoms with Gasteiger partial charge in [-0.25, -0.2) is 13.2 Å². The lowest BCUT2D eigenvalue weighted by molar-refractivity contribution is 0.208. The molecule has 2 heterocycles. The number of hydrogen-bond donors (Lipinski definition) is 1. The first-order chi connectivity index (χ1) is 18.8. The largest absolute Gasteiger partial charge is 0.495 e. The fourth-order valence-electron chi connectivity index (χ4n) is 4.57. The molecule has 0 aromatic heterocycles. The Morgan fingerprint density at radius 1 is 0.821 bits per heavy atom. The number of methoxy groups -OCH3 is 1. The monoisotopic (exact) mass is 580 g/mol. The summed E-state index contributed by atoms with van der Waals surface area (Å²) < 4.78 is 40.6. The molecule has 39 heavy (non-hydrogen) atoms. The summed E-state index contributed by atoms with van der Waals surface area (Å²) in [4.78, 5) is 21.6. The van der Waals surface area contributed by atoms with Gasteiger partial charge in [-0.1, -0.05) is 0 Å². The Bertz CT molecular complexity index is 1150. The van der Waals surface area contributed by atoms with Gasteiger partial charge in [0.15, 0.2) is 0 Å². The molecule has 4 rings (SSSR count). The number of amides is 2. The number of carbonyl (C=O) groups is 1. The zero-order valence-electron chi connectivity index (χ0n) is 22.7. The van der Waals surface area contributed by atoms with Crippen molar-refractivity contribution in [2.45, 2.75) is 0 Å². The van der Waals surface area contributed by atoms with Crippen LogP contribution in [0.1, 0.15) is 0 Å². The maximum atomic E-state index is 13.1. The lowest BCUT2D eigenvalue weighted by atomic mass is 10.2. The predicted molar refractivity (Wildman–Crippen MR) is 155 cm³/mol. The van der Waals surface area contributed by atoms with E-state index in [0.717, 1.165) is 52.7 Å². The molecule has 2 amide bonds. The van der Waals surface area contributed by atoms with Gasteiger partial charge < -0.3 is 29.7 Å². The highest BCUT2D eigenvalue weighted by Crippen LogP contribution is 2.32. The van der Waals surface area contributed by atoms with Gasteiger partial charge in [-0.2, -0.15) is 3.71 Å². The zero-order valence-corrected chi connectivity index (χ0v) is 24.3. The SMILES string of the molecule is COc1ccc(NC(=O)N2CCN(c3ccc(N(S(=O)OC)S(=O)OC)cc3)CC2)cc1N1CCN(C)CC1. The number of ether oxygens (including phenoxy) is 1. The first kappa shape index (κ1) is 29.1. The number of urea groups is 1. The molecule has 2 saturated heterocycles. The van der Waals surface area contributed by atoms with Crippen LogP contribution in [0.4, 0.5) is 27.5 Å². The zero-order chi connectivity index (χ0) is 27.9. The van der Waals surface area contributed by atoms with Crippen molar-refractivity contribution in [3.8, 4) is 5.75 Å². The third kappa shape index (κ3) is 7.00. The van der Waals surface area contributed by atoms with Crippen LogP contribution >= 0.6 is 0 Å². The third-order valence-electron chi connectivity index (χ3n) is 6.82. The van der Waals surface area contributed by atoms with Crippen molar-refractivity contribution in [1.82, 2.24) is 9.80 Å². The lowest BCUT2D eigenvalue weighted by Crippen LogP contribution is -2.50. The van der Waals surface area contributed by atoms with Gasteiger partial charge in [-0.3, -0.25) is 8.37 Å². The maximum Gasteiger partial charge on any atom is 0.321 e. The molecule has 2 atom stereocenters. The van der Waals surface area contributed by atoms with Crippen molar-refractivity contribution in [3.63, 3.8) is 0 Å². The third-order valence-corrected chi connectivity index (χ3v) is 9.09. The van der Waals surface area contributed by atoms with Crippen molar-refractivity contribution in [2.75, 3.05) is 99.6 Å². The fourth-order valence-corrected chi connectivity index (χ4v) is 6.20. The van der Waals surface area contributed by atoms with Gasteiger partial charge in [0.2, 0.25) is 0 Å². The quantitative estimate of drug-likeness (QED) is 0.477. The minimum atomic E-state index is -1.96. The Labute approximate surface area is 235 Å². The second-order valence-electron chi connectivity index (χ2n) is 9.12. The van der Waals surface area contributed by atoms with Crippen molar-refractivity contribution < 1.29 is 26.3 Å². The molecule has 214 valence electrons. The summed E-state index contributed by atoms with van der Waals surface area (Å²) in [6, 6.07) is 12.7. The van der Waals surface area contributed by atoms with Gasteiger partial charge in [0.25, 0.3) is 22.5 Å². The second-order valence-corrected chi connectivity index (χ2v) is 11.6. The highest BCUT2D eigenvalue weighted by Gasteiger charge is 2.25. The Morgan fingerprint density at radius 2 is 1.41 bits per heavy atom. The van der Waals surface area contributed by atoms with E-state index in [4.69, 9.17) is 13.1 Å². The molecule has 2 aliphatic rings. The second kappa shape index (κ2) is 13.4. The van der Waals surface area contributed by atoms with E-state index in [9.17, 15) is 13.2 Å². The van der Waals surface area contributed by atoms with E-state index in [2.05, 4.69) is 27.1 Å². The van der Waals surface area contributed by atoms with Crippen LogP contribution in [0.2, 0.25) is 0 Å². The molecule has 0 bridgehead atoms. The summed E-state index contributed by atoms with van der Waals surface area (Å²) in [5.41, 5.74) is 3.10. The summed E-state index contributed by atoms with van der Waals surface area (Å²) in [7, 11) is 6.31. The smallest absolute Gasteiger partial charge is 0.321 e. The lowest BCUT2D eigenvalue weighted by Gasteiger charge is -2.36. The molecular weight excluding hydrogens is 544 g/mol. The minimum absolute atomic E-state index is 0.140. The highest BCUT2D eigenvalue weighted by molar-refractivity contribution is 7.99. The van der Waals surface area contributed by atoms with Gasteiger partial charge in [0.05, 0.1) is 32.7 Å². The number of benzene rings is 2. The Morgan fingerprint density at radius 3 is 1.97 bits per heavy atom. The average molecular weight is 581 g/mol. The predicted octanol–water partition coefficient (Wildman–Crippen LogP) is 2.06. The van der Waals surface area contributed by atoms with Crippen LogP contribution in [0.3, 0.4) is 0 Å². The number of rotatable bonds is 9. The molecule has 0 aliphatic carbocycles. The van der Waals surface area contributed by atoms with Crippen LogP contribution in [0.15, 0.2) is 42.5 Å². The van der Waals surface area contributed by atoms with Gasteiger partial charge >= 0.3 is 6.03 Å². The molecule has 14 heteroatoms. The van der Waals surface area contributed by atoms with Crippen molar-refractivity contribution in [3.05, 3.63) is 42.5 Å². The molecule has 2 unspecified atom stereocenters. The Kier molecular flexibility index (Phi) is 10.0. The molecule has 1 N–H and O–H groups in total. The molecule has 2 fully saturated rings. The summed E-state index contributed by atoms with van der Waals surface area (Å²) in [6.07, 6.45) is 0. The topological polar surface area (TPSA) is 107 Å². The van der Waals surface area contributed by atoms with E-state index in [-0.39, 0.29) is 6.03 Å². The molecule has 0 saturated carbocycles. The Balaban J connectivity index is 1.35. The molecule has 2 aliphatic heterocycles. The van der Waals surface area contributed by atoms with Gasteiger partial charge in [0, 0.05) is 63.7 Å². The molecule has 0 radical (unpaired) electrons. The van der Waals surface area contributed by atoms with Crippen LogP contribution < -0.4 is 23.6 Å². The molecule has 2 aromatic rings. The molecule has 12 nitrogen and oxygen atoms in total. The number of hydrogen-bond acceptors (Lipinski definition) is 9. The average Bonchev–Trinajstić information content (AvgIpc) is 2.97. The van der Waals surface area contributed by atoms with E-state index in [1.54, 1.807) is 24.1 Å².